The minimum atomic E-state index is -3.48. The van der Waals surface area contributed by atoms with E-state index in [4.69, 9.17) is 9.47 Å². The van der Waals surface area contributed by atoms with E-state index in [0.29, 0.717) is 30.2 Å². The zero-order valence-electron chi connectivity index (χ0n) is 16.3. The zero-order valence-corrected chi connectivity index (χ0v) is 17.2. The van der Waals surface area contributed by atoms with Crippen molar-refractivity contribution in [3.05, 3.63) is 54.1 Å². The topological polar surface area (TPSA) is 84.9 Å². The van der Waals surface area contributed by atoms with Crippen LogP contribution in [0, 0.1) is 0 Å². The van der Waals surface area contributed by atoms with E-state index in [2.05, 4.69) is 5.32 Å². The predicted molar refractivity (Wildman–Crippen MR) is 109 cm³/mol. The molecule has 0 bridgehead atoms. The van der Waals surface area contributed by atoms with E-state index in [-0.39, 0.29) is 18.9 Å². The minimum Gasteiger partial charge on any atom is -0.497 e. The smallest absolute Gasteiger partial charge is 0.232 e. The molecule has 0 aliphatic heterocycles. The summed E-state index contributed by atoms with van der Waals surface area (Å²) in [5.74, 6) is 1.13. The van der Waals surface area contributed by atoms with Crippen molar-refractivity contribution in [3.8, 4) is 11.5 Å². The molecule has 152 valence electrons. The minimum absolute atomic E-state index is 0.148. The lowest BCUT2D eigenvalue weighted by atomic mass is 10.2. The molecule has 7 nitrogen and oxygen atoms in total. The molecule has 1 N–H and O–H groups in total. The summed E-state index contributed by atoms with van der Waals surface area (Å²) in [6, 6.07) is 14.3. The fourth-order valence-electron chi connectivity index (χ4n) is 2.77. The number of sulfonamides is 1. The predicted octanol–water partition coefficient (Wildman–Crippen LogP) is 2.57. The Morgan fingerprint density at radius 2 is 1.82 bits per heavy atom. The quantitative estimate of drug-likeness (QED) is 0.656. The van der Waals surface area contributed by atoms with Gasteiger partial charge in [0.15, 0.2) is 0 Å². The Morgan fingerprint density at radius 3 is 2.50 bits per heavy atom. The van der Waals surface area contributed by atoms with E-state index < -0.39 is 10.0 Å². The van der Waals surface area contributed by atoms with Gasteiger partial charge in [-0.1, -0.05) is 24.3 Å². The van der Waals surface area contributed by atoms with Crippen molar-refractivity contribution in [3.63, 3.8) is 0 Å². The fourth-order valence-corrected chi connectivity index (χ4v) is 3.72. The molecule has 0 aromatic heterocycles. The van der Waals surface area contributed by atoms with E-state index >= 15 is 0 Å². The van der Waals surface area contributed by atoms with E-state index in [0.717, 1.165) is 11.8 Å². The number of methoxy groups -OCH3 is 2. The highest BCUT2D eigenvalue weighted by molar-refractivity contribution is 7.92. The number of nitrogens with one attached hydrogen (secondary N) is 1. The van der Waals surface area contributed by atoms with Crippen LogP contribution in [-0.4, -0.2) is 41.3 Å². The number of hydrogen-bond donors (Lipinski definition) is 1. The SMILES string of the molecule is COc1cccc(N(CCCC(=O)NCc2ccccc2OC)S(C)(=O)=O)c1. The summed E-state index contributed by atoms with van der Waals surface area (Å²) in [6.45, 7) is 0.558. The number of anilines is 1. The highest BCUT2D eigenvalue weighted by Crippen LogP contribution is 2.23. The van der Waals surface area contributed by atoms with Gasteiger partial charge in [0.2, 0.25) is 15.9 Å². The maximum Gasteiger partial charge on any atom is 0.232 e. The molecule has 0 saturated carbocycles. The third-order valence-electron chi connectivity index (χ3n) is 4.18. The van der Waals surface area contributed by atoms with Crippen molar-refractivity contribution in [1.82, 2.24) is 5.32 Å². The largest absolute Gasteiger partial charge is 0.497 e. The van der Waals surface area contributed by atoms with Crippen LogP contribution >= 0.6 is 0 Å². The number of nitrogens with zero attached hydrogens (tertiary/aromatic N) is 1. The Balaban J connectivity index is 1.92. The molecule has 0 spiro atoms. The monoisotopic (exact) mass is 406 g/mol. The first-order valence-electron chi connectivity index (χ1n) is 8.85. The molecule has 28 heavy (non-hydrogen) atoms. The van der Waals surface area contributed by atoms with E-state index in [9.17, 15) is 13.2 Å². The van der Waals surface area contributed by atoms with Crippen LogP contribution in [0.5, 0.6) is 11.5 Å². The van der Waals surface area contributed by atoms with Gasteiger partial charge in [0.25, 0.3) is 0 Å². The van der Waals surface area contributed by atoms with Crippen molar-refractivity contribution < 1.29 is 22.7 Å². The van der Waals surface area contributed by atoms with Crippen LogP contribution in [0.4, 0.5) is 5.69 Å². The van der Waals surface area contributed by atoms with Gasteiger partial charge in [-0.05, 0) is 24.6 Å². The molecule has 0 aliphatic rings. The molecule has 0 fully saturated rings. The summed E-state index contributed by atoms with van der Waals surface area (Å²) in [7, 11) is -0.370. The number of benzene rings is 2. The lowest BCUT2D eigenvalue weighted by molar-refractivity contribution is -0.121. The molecule has 0 aliphatic carbocycles. The van der Waals surface area contributed by atoms with Crippen LogP contribution in [0.1, 0.15) is 18.4 Å². The number of ether oxygens (including phenoxy) is 2. The first-order valence-corrected chi connectivity index (χ1v) is 10.7. The molecule has 2 aromatic carbocycles. The maximum absolute atomic E-state index is 12.2. The second-order valence-electron chi connectivity index (χ2n) is 6.23. The average molecular weight is 407 g/mol. The Labute approximate surface area is 166 Å². The average Bonchev–Trinajstić information content (AvgIpc) is 2.68. The molecule has 1 amide bonds. The molecule has 8 heteroatoms. The van der Waals surface area contributed by atoms with Gasteiger partial charge in [0.05, 0.1) is 26.2 Å². The summed E-state index contributed by atoms with van der Waals surface area (Å²) < 4.78 is 36.0. The number of hydrogen-bond acceptors (Lipinski definition) is 5. The summed E-state index contributed by atoms with van der Waals surface area (Å²) in [5.41, 5.74) is 1.39. The van der Waals surface area contributed by atoms with Crippen molar-refractivity contribution >= 4 is 21.6 Å². The van der Waals surface area contributed by atoms with Gasteiger partial charge in [-0.25, -0.2) is 8.42 Å². The maximum atomic E-state index is 12.2. The van der Waals surface area contributed by atoms with E-state index in [1.54, 1.807) is 31.4 Å². The van der Waals surface area contributed by atoms with Crippen LogP contribution in [0.15, 0.2) is 48.5 Å². The van der Waals surface area contributed by atoms with Gasteiger partial charge in [-0.15, -0.1) is 0 Å². The number of carbonyl (C=O) groups excluding carboxylic acids is 1. The Bertz CT molecular complexity index is 899. The third-order valence-corrected chi connectivity index (χ3v) is 5.37. The zero-order chi connectivity index (χ0) is 20.6. The molecule has 0 heterocycles. The highest BCUT2D eigenvalue weighted by atomic mass is 32.2. The standard InChI is InChI=1S/C20H26N2O5S/c1-26-18-10-6-9-17(14-18)22(28(3,24)25)13-7-12-20(23)21-15-16-8-4-5-11-19(16)27-2/h4-6,8-11,14H,7,12-13,15H2,1-3H3,(H,21,23). The summed E-state index contributed by atoms with van der Waals surface area (Å²) >= 11 is 0. The first-order chi connectivity index (χ1) is 13.3. The lowest BCUT2D eigenvalue weighted by Crippen LogP contribution is -2.32. The van der Waals surface area contributed by atoms with Crippen molar-refractivity contribution in [2.75, 3.05) is 31.3 Å². The van der Waals surface area contributed by atoms with Gasteiger partial charge < -0.3 is 14.8 Å². The van der Waals surface area contributed by atoms with Crippen molar-refractivity contribution in [2.24, 2.45) is 0 Å². The molecule has 0 atom stereocenters. The van der Waals surface area contributed by atoms with Crippen molar-refractivity contribution in [1.29, 1.82) is 0 Å². The molecule has 2 rings (SSSR count). The fraction of sp³-hybridized carbons (Fsp3) is 0.350. The molecule has 2 aromatic rings. The first kappa shape index (κ1) is 21.6. The molecule has 0 saturated heterocycles. The number of amides is 1. The van der Waals surface area contributed by atoms with Crippen LogP contribution in [0.2, 0.25) is 0 Å². The normalized spacial score (nSPS) is 11.0. The Kier molecular flexibility index (Phi) is 7.69. The second-order valence-corrected chi connectivity index (χ2v) is 8.14. The third kappa shape index (κ3) is 6.16. The Morgan fingerprint density at radius 1 is 1.07 bits per heavy atom. The summed E-state index contributed by atoms with van der Waals surface area (Å²) in [4.78, 5) is 12.1. The van der Waals surface area contributed by atoms with Crippen molar-refractivity contribution in [2.45, 2.75) is 19.4 Å². The second kappa shape index (κ2) is 9.98. The molecular weight excluding hydrogens is 380 g/mol. The molecule has 0 unspecified atom stereocenters. The number of para-hydroxylation sites is 1. The van der Waals surface area contributed by atoms with Gasteiger partial charge >= 0.3 is 0 Å². The van der Waals surface area contributed by atoms with E-state index in [1.807, 2.05) is 24.3 Å². The van der Waals surface area contributed by atoms with Crippen LogP contribution in [0.3, 0.4) is 0 Å². The Hall–Kier alpha value is -2.74. The summed E-state index contributed by atoms with van der Waals surface area (Å²) in [5, 5.41) is 2.84. The molecule has 0 radical (unpaired) electrons. The van der Waals surface area contributed by atoms with Gasteiger partial charge in [-0.3, -0.25) is 9.10 Å². The van der Waals surface area contributed by atoms with Crippen LogP contribution < -0.4 is 19.1 Å². The van der Waals surface area contributed by atoms with Crippen LogP contribution in [-0.2, 0) is 21.4 Å². The van der Waals surface area contributed by atoms with Gasteiger partial charge in [-0.2, -0.15) is 0 Å². The van der Waals surface area contributed by atoms with Crippen LogP contribution in [0.25, 0.3) is 0 Å². The highest BCUT2D eigenvalue weighted by Gasteiger charge is 2.18. The van der Waals surface area contributed by atoms with E-state index in [1.165, 1.54) is 11.4 Å². The lowest BCUT2D eigenvalue weighted by Gasteiger charge is -2.22. The van der Waals surface area contributed by atoms with Gasteiger partial charge in [0.1, 0.15) is 11.5 Å². The molecular formula is C20H26N2O5S. The number of rotatable bonds is 10. The summed E-state index contributed by atoms with van der Waals surface area (Å²) in [6.07, 6.45) is 1.75. The van der Waals surface area contributed by atoms with Gasteiger partial charge in [0, 0.05) is 31.1 Å². The number of carbonyl (C=O) groups is 1.